The highest BCUT2D eigenvalue weighted by Crippen LogP contribution is 2.16. The summed E-state index contributed by atoms with van der Waals surface area (Å²) in [6.45, 7) is 13.4. The first kappa shape index (κ1) is 39.2. The van der Waals surface area contributed by atoms with E-state index in [1.54, 1.807) is 0 Å². The predicted molar refractivity (Wildman–Crippen MR) is 206 cm³/mol. The second-order valence-corrected chi connectivity index (χ2v) is 12.9. The molecule has 3 heterocycles. The number of hydrogen-bond donors (Lipinski definition) is 0. The Bertz CT molecular complexity index is 1370. The summed E-state index contributed by atoms with van der Waals surface area (Å²) in [5.41, 5.74) is 2.83. The fraction of sp³-hybridized carbons (Fsp3) is 0.333. The molecule has 5 aromatic rings. The molecule has 51 heavy (non-hydrogen) atoms. The van der Waals surface area contributed by atoms with Gasteiger partial charge in [-0.05, 0) is 59.4 Å². The standard InChI is InChI=1S/3C9H10O2.2C9H12/c3*1-2-4-8(5-3-1)10-6-9-7-11-9;2*1-8(2)9-6-4-3-5-7-9/h3*1-5,9H,6-7H2;2*3-8H,1-2H3. The highest BCUT2D eigenvalue weighted by molar-refractivity contribution is 5.23. The molecule has 5 aromatic carbocycles. The van der Waals surface area contributed by atoms with Crippen molar-refractivity contribution in [3.63, 3.8) is 0 Å². The van der Waals surface area contributed by atoms with Gasteiger partial charge in [0, 0.05) is 0 Å². The zero-order valence-corrected chi connectivity index (χ0v) is 30.5. The lowest BCUT2D eigenvalue weighted by Gasteiger charge is -2.01. The van der Waals surface area contributed by atoms with Crippen LogP contribution in [0, 0.1) is 0 Å². The van der Waals surface area contributed by atoms with Gasteiger partial charge in [-0.25, -0.2) is 0 Å². The van der Waals surface area contributed by atoms with Crippen LogP contribution in [0.4, 0.5) is 0 Å². The van der Waals surface area contributed by atoms with Crippen molar-refractivity contribution in [3.05, 3.63) is 163 Å². The van der Waals surface area contributed by atoms with Crippen LogP contribution in [0.5, 0.6) is 17.2 Å². The normalized spacial score (nSPS) is 17.3. The van der Waals surface area contributed by atoms with E-state index in [4.69, 9.17) is 28.4 Å². The predicted octanol–water partition coefficient (Wildman–Crippen LogP) is 10.0. The van der Waals surface area contributed by atoms with Gasteiger partial charge in [0.1, 0.15) is 55.4 Å². The molecule has 6 nitrogen and oxygen atoms in total. The number of para-hydroxylation sites is 3. The number of benzene rings is 5. The first-order valence-electron chi connectivity index (χ1n) is 17.9. The molecule has 6 heteroatoms. The van der Waals surface area contributed by atoms with E-state index in [1.807, 2.05) is 103 Å². The van der Waals surface area contributed by atoms with Gasteiger partial charge in [0.25, 0.3) is 0 Å². The molecule has 270 valence electrons. The molecule has 3 aliphatic rings. The van der Waals surface area contributed by atoms with Crippen molar-refractivity contribution in [1.82, 2.24) is 0 Å². The molecular weight excluding hydrogens is 636 g/mol. The maximum absolute atomic E-state index is 5.40. The second kappa shape index (κ2) is 23.0. The van der Waals surface area contributed by atoms with Gasteiger partial charge in [0.2, 0.25) is 0 Å². The van der Waals surface area contributed by atoms with E-state index in [9.17, 15) is 0 Å². The third kappa shape index (κ3) is 18.8. The number of epoxide rings is 3. The Morgan fingerprint density at radius 3 is 0.784 bits per heavy atom. The molecule has 3 saturated heterocycles. The quantitative estimate of drug-likeness (QED) is 0.129. The first-order chi connectivity index (χ1) is 25.0. The first-order valence-corrected chi connectivity index (χ1v) is 17.9. The summed E-state index contributed by atoms with van der Waals surface area (Å²) in [6, 6.07) is 50.4. The molecule has 3 aliphatic heterocycles. The monoisotopic (exact) mass is 690 g/mol. The van der Waals surface area contributed by atoms with Crippen LogP contribution in [0.2, 0.25) is 0 Å². The van der Waals surface area contributed by atoms with E-state index in [0.717, 1.165) is 37.1 Å². The summed E-state index contributed by atoms with van der Waals surface area (Å²) in [4.78, 5) is 0. The molecule has 0 spiro atoms. The molecule has 0 amide bonds. The summed E-state index contributed by atoms with van der Waals surface area (Å²) >= 11 is 0. The Hall–Kier alpha value is -4.62. The van der Waals surface area contributed by atoms with E-state index in [1.165, 1.54) is 11.1 Å². The SMILES string of the molecule is CC(C)c1ccccc1.CC(C)c1ccccc1.c1ccc(OCC2CO2)cc1.c1ccc(OCC2CO2)cc1.c1ccc(OCC2CO2)cc1. The Morgan fingerprint density at radius 1 is 0.392 bits per heavy atom. The molecule has 3 fully saturated rings. The lowest BCUT2D eigenvalue weighted by Crippen LogP contribution is -2.03. The van der Waals surface area contributed by atoms with Gasteiger partial charge >= 0.3 is 0 Å². The van der Waals surface area contributed by atoms with Crippen molar-refractivity contribution in [1.29, 1.82) is 0 Å². The Kier molecular flexibility index (Phi) is 17.6. The summed E-state index contributed by atoms with van der Waals surface area (Å²) in [7, 11) is 0. The molecule has 8 rings (SSSR count). The molecule has 0 saturated carbocycles. The van der Waals surface area contributed by atoms with E-state index in [2.05, 4.69) is 76.2 Å². The molecule has 3 atom stereocenters. The van der Waals surface area contributed by atoms with Crippen LogP contribution >= 0.6 is 0 Å². The summed E-state index contributed by atoms with van der Waals surface area (Å²) in [5.74, 6) is 4.08. The van der Waals surface area contributed by atoms with Crippen molar-refractivity contribution < 1.29 is 28.4 Å². The maximum atomic E-state index is 5.40. The molecule has 0 aromatic heterocycles. The van der Waals surface area contributed by atoms with E-state index >= 15 is 0 Å². The summed E-state index contributed by atoms with van der Waals surface area (Å²) in [6.07, 6.45) is 1.03. The van der Waals surface area contributed by atoms with Crippen LogP contribution in [-0.2, 0) is 14.2 Å². The van der Waals surface area contributed by atoms with Crippen LogP contribution in [0.25, 0.3) is 0 Å². The number of ether oxygens (including phenoxy) is 6. The summed E-state index contributed by atoms with van der Waals surface area (Å²) < 4.78 is 31.2. The molecule has 0 bridgehead atoms. The third-order valence-electron chi connectivity index (χ3n) is 7.68. The van der Waals surface area contributed by atoms with Crippen molar-refractivity contribution >= 4 is 0 Å². The minimum absolute atomic E-state index is 0.343. The van der Waals surface area contributed by atoms with Gasteiger partial charge in [-0.2, -0.15) is 0 Å². The van der Waals surface area contributed by atoms with Crippen LogP contribution in [0.1, 0.15) is 50.7 Å². The average Bonchev–Trinajstić information content (AvgIpc) is 4.04. The van der Waals surface area contributed by atoms with Crippen molar-refractivity contribution in [2.24, 2.45) is 0 Å². The fourth-order valence-electron chi connectivity index (χ4n) is 4.29. The Morgan fingerprint density at radius 2 is 0.608 bits per heavy atom. The fourth-order valence-corrected chi connectivity index (χ4v) is 4.29. The van der Waals surface area contributed by atoms with Gasteiger partial charge in [0.05, 0.1) is 19.8 Å². The van der Waals surface area contributed by atoms with Crippen LogP contribution in [0.15, 0.2) is 152 Å². The van der Waals surface area contributed by atoms with Gasteiger partial charge in [0.15, 0.2) is 0 Å². The highest BCUT2D eigenvalue weighted by atomic mass is 16.6. The Balaban J connectivity index is 0.000000143. The van der Waals surface area contributed by atoms with Crippen LogP contribution < -0.4 is 14.2 Å². The van der Waals surface area contributed by atoms with Gasteiger partial charge in [-0.15, -0.1) is 0 Å². The minimum Gasteiger partial charge on any atom is -0.491 e. The smallest absolute Gasteiger partial charge is 0.119 e. The van der Waals surface area contributed by atoms with E-state index < -0.39 is 0 Å². The molecule has 0 aliphatic carbocycles. The molecule has 3 unspecified atom stereocenters. The maximum Gasteiger partial charge on any atom is 0.119 e. The number of rotatable bonds is 11. The van der Waals surface area contributed by atoms with Gasteiger partial charge in [-0.1, -0.05) is 143 Å². The average molecular weight is 691 g/mol. The van der Waals surface area contributed by atoms with Crippen molar-refractivity contribution in [2.75, 3.05) is 39.6 Å². The molecule has 0 N–H and O–H groups in total. The van der Waals surface area contributed by atoms with E-state index in [0.29, 0.717) is 50.0 Å². The Labute approximate surface area is 305 Å². The highest BCUT2D eigenvalue weighted by Gasteiger charge is 2.24. The van der Waals surface area contributed by atoms with E-state index in [-0.39, 0.29) is 0 Å². The lowest BCUT2D eigenvalue weighted by molar-refractivity contribution is 0.263. The van der Waals surface area contributed by atoms with Gasteiger partial charge in [-0.3, -0.25) is 0 Å². The van der Waals surface area contributed by atoms with Gasteiger partial charge < -0.3 is 28.4 Å². The molecular formula is C45H54O6. The van der Waals surface area contributed by atoms with Crippen LogP contribution in [-0.4, -0.2) is 58.0 Å². The van der Waals surface area contributed by atoms with Crippen LogP contribution in [0.3, 0.4) is 0 Å². The second-order valence-electron chi connectivity index (χ2n) is 12.9. The summed E-state index contributed by atoms with van der Waals surface area (Å²) in [5, 5.41) is 0. The largest absolute Gasteiger partial charge is 0.491 e. The molecule has 0 radical (unpaired) electrons. The lowest BCUT2D eigenvalue weighted by atomic mass is 10.0. The third-order valence-corrected chi connectivity index (χ3v) is 7.68. The zero-order chi connectivity index (χ0) is 35.9. The number of hydrogen-bond acceptors (Lipinski definition) is 6. The minimum atomic E-state index is 0.343. The topological polar surface area (TPSA) is 65.3 Å². The van der Waals surface area contributed by atoms with Crippen molar-refractivity contribution in [3.8, 4) is 17.2 Å². The zero-order valence-electron chi connectivity index (χ0n) is 30.5. The van der Waals surface area contributed by atoms with Crippen molar-refractivity contribution in [2.45, 2.75) is 57.8 Å².